The molecule has 2 nitrogen and oxygen atoms in total. The zero-order chi connectivity index (χ0) is 14.7. The number of carbonyl (C=O) groups excluding carboxylic acids is 1. The maximum Gasteiger partial charge on any atom is 0.186 e. The van der Waals surface area contributed by atoms with E-state index >= 15 is 0 Å². The summed E-state index contributed by atoms with van der Waals surface area (Å²) in [5.41, 5.74) is 1.79. The molecule has 2 aromatic rings. The molecular formula is C16H11Cl2NO. The molecule has 0 aliphatic carbocycles. The highest BCUT2D eigenvalue weighted by atomic mass is 35.5. The fourth-order valence-corrected chi connectivity index (χ4v) is 2.53. The Labute approximate surface area is 127 Å². The molecule has 0 spiro atoms. The van der Waals surface area contributed by atoms with Crippen LogP contribution in [0.2, 0.25) is 10.0 Å². The predicted octanol–water partition coefficient (Wildman–Crippen LogP) is 4.79. The van der Waals surface area contributed by atoms with Crippen LogP contribution < -0.4 is 0 Å². The number of rotatable bonds is 3. The lowest BCUT2D eigenvalue weighted by Crippen LogP contribution is -2.12. The Morgan fingerprint density at radius 3 is 2.45 bits per heavy atom. The van der Waals surface area contributed by atoms with Gasteiger partial charge in [-0.2, -0.15) is 5.26 Å². The summed E-state index contributed by atoms with van der Waals surface area (Å²) in [5.74, 6) is -1.30. The molecule has 2 aromatic carbocycles. The number of hydrogen-bond acceptors (Lipinski definition) is 2. The van der Waals surface area contributed by atoms with Crippen LogP contribution >= 0.6 is 23.2 Å². The fraction of sp³-hybridized carbons (Fsp3) is 0.125. The lowest BCUT2D eigenvalue weighted by Gasteiger charge is -2.11. The van der Waals surface area contributed by atoms with Gasteiger partial charge in [0.15, 0.2) is 5.78 Å². The van der Waals surface area contributed by atoms with Crippen molar-refractivity contribution in [3.63, 3.8) is 0 Å². The predicted molar refractivity (Wildman–Crippen MR) is 80.3 cm³/mol. The van der Waals surface area contributed by atoms with Crippen molar-refractivity contribution < 1.29 is 4.79 Å². The normalized spacial score (nSPS) is 11.7. The minimum atomic E-state index is -0.955. The fourth-order valence-electron chi connectivity index (χ4n) is 1.95. The van der Waals surface area contributed by atoms with E-state index in [1.54, 1.807) is 42.5 Å². The molecule has 0 N–H and O–H groups in total. The van der Waals surface area contributed by atoms with Crippen molar-refractivity contribution >= 4 is 29.0 Å². The average Bonchev–Trinajstić information content (AvgIpc) is 2.41. The molecule has 0 saturated heterocycles. The number of hydrogen-bond donors (Lipinski definition) is 0. The lowest BCUT2D eigenvalue weighted by atomic mass is 9.91. The molecule has 2 rings (SSSR count). The summed E-state index contributed by atoms with van der Waals surface area (Å²) < 4.78 is 0. The van der Waals surface area contributed by atoms with Crippen LogP contribution in [0.4, 0.5) is 0 Å². The molecule has 0 bridgehead atoms. The van der Waals surface area contributed by atoms with Gasteiger partial charge in [-0.15, -0.1) is 0 Å². The molecule has 0 radical (unpaired) electrons. The van der Waals surface area contributed by atoms with Crippen molar-refractivity contribution in [3.05, 3.63) is 69.2 Å². The third-order valence-corrected chi connectivity index (χ3v) is 3.65. The highest BCUT2D eigenvalue weighted by Gasteiger charge is 2.25. The minimum absolute atomic E-state index is 0.337. The summed E-state index contributed by atoms with van der Waals surface area (Å²) in [4.78, 5) is 12.5. The first-order valence-electron chi connectivity index (χ1n) is 5.99. The van der Waals surface area contributed by atoms with Crippen molar-refractivity contribution in [1.29, 1.82) is 5.26 Å². The Bertz CT molecular complexity index is 704. The van der Waals surface area contributed by atoms with Crippen LogP contribution in [0.25, 0.3) is 0 Å². The first-order chi connectivity index (χ1) is 9.54. The van der Waals surface area contributed by atoms with Crippen LogP contribution in [-0.2, 0) is 0 Å². The van der Waals surface area contributed by atoms with E-state index in [1.165, 1.54) is 0 Å². The Morgan fingerprint density at radius 2 is 1.85 bits per heavy atom. The standard InChI is InChI=1S/C16H11Cl2NO/c1-10-6-7-12(15(18)8-10)16(20)13(9-19)11-4-2-3-5-14(11)17/h2-8,13H,1H3. The first kappa shape index (κ1) is 14.6. The van der Waals surface area contributed by atoms with E-state index in [1.807, 2.05) is 13.0 Å². The van der Waals surface area contributed by atoms with Gasteiger partial charge in [-0.25, -0.2) is 0 Å². The van der Waals surface area contributed by atoms with Gasteiger partial charge in [0.1, 0.15) is 5.92 Å². The number of benzene rings is 2. The van der Waals surface area contributed by atoms with Crippen LogP contribution in [0.5, 0.6) is 0 Å². The zero-order valence-corrected chi connectivity index (χ0v) is 12.2. The molecule has 1 unspecified atom stereocenters. The Morgan fingerprint density at radius 1 is 1.15 bits per heavy atom. The average molecular weight is 304 g/mol. The van der Waals surface area contributed by atoms with Crippen LogP contribution in [0.3, 0.4) is 0 Å². The van der Waals surface area contributed by atoms with Gasteiger partial charge in [0, 0.05) is 10.6 Å². The van der Waals surface area contributed by atoms with E-state index in [4.69, 9.17) is 23.2 Å². The van der Waals surface area contributed by atoms with Crippen molar-refractivity contribution in [2.45, 2.75) is 12.8 Å². The molecule has 0 saturated carbocycles. The van der Waals surface area contributed by atoms with E-state index in [9.17, 15) is 10.1 Å². The highest BCUT2D eigenvalue weighted by molar-refractivity contribution is 6.35. The topological polar surface area (TPSA) is 40.9 Å². The third kappa shape index (κ3) is 2.85. The summed E-state index contributed by atoms with van der Waals surface area (Å²) >= 11 is 12.1. The Hall–Kier alpha value is -1.82. The van der Waals surface area contributed by atoms with Gasteiger partial charge in [-0.3, -0.25) is 4.79 Å². The largest absolute Gasteiger partial charge is 0.292 e. The number of ketones is 1. The maximum atomic E-state index is 12.5. The monoisotopic (exact) mass is 303 g/mol. The van der Waals surface area contributed by atoms with Gasteiger partial charge < -0.3 is 0 Å². The van der Waals surface area contributed by atoms with Gasteiger partial charge in [-0.05, 0) is 36.2 Å². The van der Waals surface area contributed by atoms with E-state index in [-0.39, 0.29) is 5.78 Å². The van der Waals surface area contributed by atoms with Crippen molar-refractivity contribution in [2.75, 3.05) is 0 Å². The molecule has 0 amide bonds. The quantitative estimate of drug-likeness (QED) is 0.765. The van der Waals surface area contributed by atoms with Gasteiger partial charge in [-0.1, -0.05) is 47.5 Å². The molecule has 1 atom stereocenters. The second-order valence-electron chi connectivity index (χ2n) is 4.43. The van der Waals surface area contributed by atoms with E-state index in [0.717, 1.165) is 5.56 Å². The molecule has 0 aromatic heterocycles. The second kappa shape index (κ2) is 6.09. The van der Waals surface area contributed by atoms with Gasteiger partial charge in [0.05, 0.1) is 11.1 Å². The number of Topliss-reactive ketones (excluding diaryl/α,β-unsaturated/α-hetero) is 1. The van der Waals surface area contributed by atoms with Crippen LogP contribution in [-0.4, -0.2) is 5.78 Å². The molecule has 0 aliphatic heterocycles. The van der Waals surface area contributed by atoms with Crippen LogP contribution in [0, 0.1) is 18.3 Å². The molecule has 0 fully saturated rings. The summed E-state index contributed by atoms with van der Waals surface area (Å²) in [5, 5.41) is 10.1. The van der Waals surface area contributed by atoms with Crippen molar-refractivity contribution in [2.24, 2.45) is 0 Å². The SMILES string of the molecule is Cc1ccc(C(=O)C(C#N)c2ccccc2Cl)c(Cl)c1. The van der Waals surface area contributed by atoms with Crippen LogP contribution in [0.15, 0.2) is 42.5 Å². The number of nitrogens with zero attached hydrogens (tertiary/aromatic N) is 1. The summed E-state index contributed by atoms with van der Waals surface area (Å²) in [7, 11) is 0. The van der Waals surface area contributed by atoms with E-state index in [0.29, 0.717) is 21.2 Å². The number of nitriles is 1. The number of carbonyl (C=O) groups is 1. The van der Waals surface area contributed by atoms with Crippen molar-refractivity contribution in [3.8, 4) is 6.07 Å². The molecule has 0 heterocycles. The minimum Gasteiger partial charge on any atom is -0.292 e. The lowest BCUT2D eigenvalue weighted by molar-refractivity contribution is 0.0979. The highest BCUT2D eigenvalue weighted by Crippen LogP contribution is 2.29. The van der Waals surface area contributed by atoms with Crippen molar-refractivity contribution in [1.82, 2.24) is 0 Å². The smallest absolute Gasteiger partial charge is 0.186 e. The summed E-state index contributed by atoms with van der Waals surface area (Å²) in [6.07, 6.45) is 0. The van der Waals surface area contributed by atoms with Crippen LogP contribution in [0.1, 0.15) is 27.4 Å². The number of aryl methyl sites for hydroxylation is 1. The zero-order valence-electron chi connectivity index (χ0n) is 10.7. The summed E-state index contributed by atoms with van der Waals surface area (Å²) in [6, 6.07) is 14.0. The third-order valence-electron chi connectivity index (χ3n) is 3.00. The molecular weight excluding hydrogens is 293 g/mol. The Kier molecular flexibility index (Phi) is 4.44. The Balaban J connectivity index is 2.45. The van der Waals surface area contributed by atoms with E-state index in [2.05, 4.69) is 0 Å². The molecule has 100 valence electrons. The van der Waals surface area contributed by atoms with E-state index < -0.39 is 5.92 Å². The van der Waals surface area contributed by atoms with Gasteiger partial charge in [0.25, 0.3) is 0 Å². The van der Waals surface area contributed by atoms with Gasteiger partial charge in [0.2, 0.25) is 0 Å². The molecule has 0 aliphatic rings. The second-order valence-corrected chi connectivity index (χ2v) is 5.25. The maximum absolute atomic E-state index is 12.5. The first-order valence-corrected chi connectivity index (χ1v) is 6.74. The molecule has 4 heteroatoms. The van der Waals surface area contributed by atoms with Gasteiger partial charge >= 0.3 is 0 Å². The summed E-state index contributed by atoms with van der Waals surface area (Å²) in [6.45, 7) is 1.88. The molecule has 20 heavy (non-hydrogen) atoms. The number of halogens is 2.